The molecule has 0 atom stereocenters. The number of nitrogens with one attached hydrogen (secondary N) is 1. The Labute approximate surface area is 125 Å². The summed E-state index contributed by atoms with van der Waals surface area (Å²) in [7, 11) is 4.03. The first-order chi connectivity index (χ1) is 9.95. The van der Waals surface area contributed by atoms with Crippen LogP contribution >= 0.6 is 0 Å². The molecule has 0 radical (unpaired) electrons. The minimum absolute atomic E-state index is 0.149. The Morgan fingerprint density at radius 2 is 1.95 bits per heavy atom. The van der Waals surface area contributed by atoms with E-state index in [9.17, 15) is 4.79 Å². The maximum absolute atomic E-state index is 12.2. The Balaban J connectivity index is 2.13. The number of hydrogen-bond acceptors (Lipinski definition) is 3. The summed E-state index contributed by atoms with van der Waals surface area (Å²) >= 11 is 0. The molecule has 0 aliphatic rings. The van der Waals surface area contributed by atoms with Gasteiger partial charge >= 0.3 is 0 Å². The number of rotatable bonds is 4. The lowest BCUT2D eigenvalue weighted by Crippen LogP contribution is -2.14. The highest BCUT2D eigenvalue weighted by molar-refractivity contribution is 6.04. The van der Waals surface area contributed by atoms with E-state index in [0.29, 0.717) is 11.3 Å². The minimum Gasteiger partial charge on any atom is -0.398 e. The highest BCUT2D eigenvalue weighted by Crippen LogP contribution is 2.16. The van der Waals surface area contributed by atoms with Crippen LogP contribution in [0.4, 0.5) is 11.4 Å². The smallest absolute Gasteiger partial charge is 0.255 e. The molecule has 0 unspecified atom stereocenters. The number of benzene rings is 2. The van der Waals surface area contributed by atoms with Gasteiger partial charge in [-0.15, -0.1) is 0 Å². The van der Waals surface area contributed by atoms with Gasteiger partial charge in [0.25, 0.3) is 5.91 Å². The van der Waals surface area contributed by atoms with E-state index in [2.05, 4.69) is 10.2 Å². The zero-order valence-corrected chi connectivity index (χ0v) is 12.7. The molecule has 4 heteroatoms. The largest absolute Gasteiger partial charge is 0.398 e. The van der Waals surface area contributed by atoms with Crippen LogP contribution in [-0.4, -0.2) is 24.9 Å². The summed E-state index contributed by atoms with van der Waals surface area (Å²) in [5.74, 6) is -0.149. The van der Waals surface area contributed by atoms with Crippen molar-refractivity contribution < 1.29 is 4.79 Å². The Kier molecular flexibility index (Phi) is 4.60. The van der Waals surface area contributed by atoms with E-state index in [1.54, 1.807) is 12.1 Å². The van der Waals surface area contributed by atoms with E-state index >= 15 is 0 Å². The molecule has 2 rings (SSSR count). The lowest BCUT2D eigenvalue weighted by atomic mass is 10.1. The lowest BCUT2D eigenvalue weighted by molar-refractivity contribution is 0.102. The Morgan fingerprint density at radius 1 is 1.19 bits per heavy atom. The van der Waals surface area contributed by atoms with Crippen molar-refractivity contribution in [3.8, 4) is 0 Å². The average molecular weight is 283 g/mol. The number of nitrogens with two attached hydrogens (primary N) is 1. The van der Waals surface area contributed by atoms with Crippen molar-refractivity contribution in [2.75, 3.05) is 25.1 Å². The van der Waals surface area contributed by atoms with Gasteiger partial charge in [-0.05, 0) is 56.4 Å². The first kappa shape index (κ1) is 15.1. The third kappa shape index (κ3) is 4.07. The van der Waals surface area contributed by atoms with E-state index in [1.165, 1.54) is 0 Å². The van der Waals surface area contributed by atoms with Gasteiger partial charge in [-0.2, -0.15) is 0 Å². The van der Waals surface area contributed by atoms with Crippen molar-refractivity contribution in [2.45, 2.75) is 13.5 Å². The molecule has 0 saturated heterocycles. The van der Waals surface area contributed by atoms with Crippen LogP contribution in [0.1, 0.15) is 21.5 Å². The third-order valence-electron chi connectivity index (χ3n) is 3.23. The highest BCUT2D eigenvalue weighted by Gasteiger charge is 2.08. The molecule has 0 spiro atoms. The SMILES string of the molecule is Cc1ccc(C(=O)Nc2cccc(CN(C)C)c2)cc1N. The second-order valence-corrected chi connectivity index (χ2v) is 5.46. The molecule has 21 heavy (non-hydrogen) atoms. The maximum atomic E-state index is 12.2. The Morgan fingerprint density at radius 3 is 2.62 bits per heavy atom. The van der Waals surface area contributed by atoms with Crippen LogP contribution in [0.15, 0.2) is 42.5 Å². The Bertz CT molecular complexity index is 650. The summed E-state index contributed by atoms with van der Waals surface area (Å²) in [6.45, 7) is 2.75. The van der Waals surface area contributed by atoms with Gasteiger partial charge < -0.3 is 16.0 Å². The van der Waals surface area contributed by atoms with Crippen LogP contribution in [0.25, 0.3) is 0 Å². The molecule has 0 fully saturated rings. The number of nitrogens with zero attached hydrogens (tertiary/aromatic N) is 1. The molecule has 110 valence electrons. The Hall–Kier alpha value is -2.33. The van der Waals surface area contributed by atoms with Crippen LogP contribution in [0.2, 0.25) is 0 Å². The van der Waals surface area contributed by atoms with Crippen molar-refractivity contribution in [1.29, 1.82) is 0 Å². The molecule has 0 aliphatic heterocycles. The monoisotopic (exact) mass is 283 g/mol. The molecule has 0 heterocycles. The normalized spacial score (nSPS) is 10.7. The standard InChI is InChI=1S/C17H21N3O/c1-12-7-8-14(10-16(12)18)17(21)19-15-6-4-5-13(9-15)11-20(2)3/h4-10H,11,18H2,1-3H3,(H,19,21). The summed E-state index contributed by atoms with van der Waals surface area (Å²) < 4.78 is 0. The highest BCUT2D eigenvalue weighted by atomic mass is 16.1. The number of aryl methyl sites for hydroxylation is 1. The first-order valence-corrected chi connectivity index (χ1v) is 6.87. The summed E-state index contributed by atoms with van der Waals surface area (Å²) in [6, 6.07) is 13.2. The van der Waals surface area contributed by atoms with Crippen molar-refractivity contribution in [2.24, 2.45) is 0 Å². The number of amides is 1. The van der Waals surface area contributed by atoms with Crippen LogP contribution < -0.4 is 11.1 Å². The quantitative estimate of drug-likeness (QED) is 0.848. The minimum atomic E-state index is -0.149. The molecule has 0 aliphatic carbocycles. The van der Waals surface area contributed by atoms with E-state index in [-0.39, 0.29) is 5.91 Å². The fraction of sp³-hybridized carbons (Fsp3) is 0.235. The maximum Gasteiger partial charge on any atom is 0.255 e. The number of nitrogen functional groups attached to an aromatic ring is 1. The summed E-state index contributed by atoms with van der Waals surface area (Å²) in [5, 5.41) is 2.91. The van der Waals surface area contributed by atoms with Gasteiger partial charge in [0.1, 0.15) is 0 Å². The predicted octanol–water partition coefficient (Wildman–Crippen LogP) is 2.89. The first-order valence-electron chi connectivity index (χ1n) is 6.87. The summed E-state index contributed by atoms with van der Waals surface area (Å²) in [4.78, 5) is 14.3. The van der Waals surface area contributed by atoms with Crippen molar-refractivity contribution in [1.82, 2.24) is 4.90 Å². The van der Waals surface area contributed by atoms with Gasteiger partial charge in [-0.3, -0.25) is 4.79 Å². The van der Waals surface area contributed by atoms with Crippen LogP contribution in [0.3, 0.4) is 0 Å². The van der Waals surface area contributed by atoms with E-state index in [0.717, 1.165) is 23.4 Å². The van der Waals surface area contributed by atoms with Crippen molar-refractivity contribution in [3.63, 3.8) is 0 Å². The van der Waals surface area contributed by atoms with E-state index in [4.69, 9.17) is 5.73 Å². The number of carbonyl (C=O) groups is 1. The van der Waals surface area contributed by atoms with Crippen molar-refractivity contribution in [3.05, 3.63) is 59.2 Å². The molecule has 0 bridgehead atoms. The molecule has 4 nitrogen and oxygen atoms in total. The summed E-state index contributed by atoms with van der Waals surface area (Å²) in [5.41, 5.74) is 9.96. The fourth-order valence-corrected chi connectivity index (χ4v) is 2.10. The molecule has 2 aromatic rings. The topological polar surface area (TPSA) is 58.4 Å². The number of anilines is 2. The van der Waals surface area contributed by atoms with Crippen LogP contribution in [0.5, 0.6) is 0 Å². The predicted molar refractivity (Wildman–Crippen MR) is 87.4 cm³/mol. The lowest BCUT2D eigenvalue weighted by Gasteiger charge is -2.12. The van der Waals surface area contributed by atoms with Crippen LogP contribution in [0, 0.1) is 6.92 Å². The number of carbonyl (C=O) groups excluding carboxylic acids is 1. The third-order valence-corrected chi connectivity index (χ3v) is 3.23. The molecule has 2 aromatic carbocycles. The van der Waals surface area contributed by atoms with Gasteiger partial charge in [-0.1, -0.05) is 18.2 Å². The molecule has 0 aromatic heterocycles. The van der Waals surface area contributed by atoms with Gasteiger partial charge in [0, 0.05) is 23.5 Å². The van der Waals surface area contributed by atoms with Gasteiger partial charge in [0.2, 0.25) is 0 Å². The molecule has 0 saturated carbocycles. The molecular weight excluding hydrogens is 262 g/mol. The van der Waals surface area contributed by atoms with Gasteiger partial charge in [0.05, 0.1) is 0 Å². The average Bonchev–Trinajstić information content (AvgIpc) is 2.41. The molecule has 1 amide bonds. The second-order valence-electron chi connectivity index (χ2n) is 5.46. The van der Waals surface area contributed by atoms with Crippen LogP contribution in [-0.2, 0) is 6.54 Å². The molecule has 3 N–H and O–H groups in total. The van der Waals surface area contributed by atoms with E-state index in [1.807, 2.05) is 51.4 Å². The van der Waals surface area contributed by atoms with E-state index < -0.39 is 0 Å². The van der Waals surface area contributed by atoms with Gasteiger partial charge in [0.15, 0.2) is 0 Å². The summed E-state index contributed by atoms with van der Waals surface area (Å²) in [6.07, 6.45) is 0. The fourth-order valence-electron chi connectivity index (χ4n) is 2.10. The zero-order chi connectivity index (χ0) is 15.4. The van der Waals surface area contributed by atoms with Gasteiger partial charge in [-0.25, -0.2) is 0 Å². The zero-order valence-electron chi connectivity index (χ0n) is 12.7. The second kappa shape index (κ2) is 6.41. The molecular formula is C17H21N3O. The number of hydrogen-bond donors (Lipinski definition) is 2. The van der Waals surface area contributed by atoms with Crippen molar-refractivity contribution >= 4 is 17.3 Å².